The summed E-state index contributed by atoms with van der Waals surface area (Å²) >= 11 is 0. The molecule has 4 rings (SSSR count). The zero-order chi connectivity index (χ0) is 28.2. The van der Waals surface area contributed by atoms with E-state index in [4.69, 9.17) is 4.74 Å². The molecule has 2 heterocycles. The fourth-order valence-corrected chi connectivity index (χ4v) is 4.63. The fourth-order valence-electron chi connectivity index (χ4n) is 4.63. The Labute approximate surface area is 220 Å². The van der Waals surface area contributed by atoms with Gasteiger partial charge in [-0.05, 0) is 68.5 Å². The van der Waals surface area contributed by atoms with Gasteiger partial charge in [0.25, 0.3) is 5.91 Å². The normalized spacial score (nSPS) is 18.1. The Bertz CT molecular complexity index is 1160. The van der Waals surface area contributed by atoms with E-state index in [1.165, 1.54) is 12.1 Å². The van der Waals surface area contributed by atoms with E-state index in [2.05, 4.69) is 15.5 Å². The molecule has 0 radical (unpaired) electrons. The van der Waals surface area contributed by atoms with Gasteiger partial charge >= 0.3 is 18.4 Å². The molecule has 2 aromatic rings. The molecule has 13 heteroatoms. The summed E-state index contributed by atoms with van der Waals surface area (Å²) in [4.78, 5) is 27.7. The minimum Gasteiger partial charge on any atom is -0.376 e. The van der Waals surface area contributed by atoms with Gasteiger partial charge in [-0.2, -0.15) is 26.3 Å². The zero-order valence-corrected chi connectivity index (χ0v) is 20.8. The molecular weight excluding hydrogens is 530 g/mol. The van der Waals surface area contributed by atoms with Crippen molar-refractivity contribution in [2.45, 2.75) is 50.6 Å². The van der Waals surface area contributed by atoms with Gasteiger partial charge in [-0.15, -0.1) is 0 Å². The van der Waals surface area contributed by atoms with Crippen molar-refractivity contribution in [3.05, 3.63) is 53.1 Å². The number of piperidine rings is 1. The number of carbonyl (C=O) groups is 2. The van der Waals surface area contributed by atoms with E-state index < -0.39 is 35.2 Å². The third-order valence-electron chi connectivity index (χ3n) is 6.56. The van der Waals surface area contributed by atoms with Crippen molar-refractivity contribution in [2.75, 3.05) is 41.8 Å². The average molecular weight is 559 g/mol. The van der Waals surface area contributed by atoms with Gasteiger partial charge in [-0.3, -0.25) is 4.79 Å². The Morgan fingerprint density at radius 3 is 2.08 bits per heavy atom. The Balaban J connectivity index is 1.53. The summed E-state index contributed by atoms with van der Waals surface area (Å²) in [6.45, 7) is 2.44. The Morgan fingerprint density at radius 2 is 1.49 bits per heavy atom. The number of urea groups is 1. The van der Waals surface area contributed by atoms with Gasteiger partial charge in [0, 0.05) is 43.3 Å². The van der Waals surface area contributed by atoms with Gasteiger partial charge in [0.15, 0.2) is 0 Å². The van der Waals surface area contributed by atoms with Gasteiger partial charge in [0.1, 0.15) is 0 Å². The maximum absolute atomic E-state index is 13.1. The number of anilines is 3. The lowest BCUT2D eigenvalue weighted by Gasteiger charge is -2.30. The van der Waals surface area contributed by atoms with Crippen LogP contribution in [0.2, 0.25) is 0 Å². The molecule has 7 nitrogen and oxygen atoms in total. The number of hydrogen-bond acceptors (Lipinski definition) is 4. The molecule has 1 atom stereocenters. The Hall–Kier alpha value is -3.48. The number of amides is 3. The molecule has 0 saturated carbocycles. The number of benzene rings is 2. The fraction of sp³-hybridized carbons (Fsp3) is 0.462. The number of hydrogen-bond donors (Lipinski definition) is 3. The van der Waals surface area contributed by atoms with Crippen LogP contribution in [-0.2, 0) is 17.1 Å². The standard InChI is InChI=1S/C26H28F6N4O3/c27-25(28,29)16-11-17(26(30,31)32)13-19(12-16)35-24(38)34-18-6-7-22(36-8-2-1-3-9-36)21(14-18)23(37)33-15-20-5-4-10-39-20/h6-7,11-14,20H,1-5,8-10,15H2,(H,33,37)(H2,34,35,38). The average Bonchev–Trinajstić information content (AvgIpc) is 3.40. The highest BCUT2D eigenvalue weighted by molar-refractivity contribution is 6.04. The highest BCUT2D eigenvalue weighted by Crippen LogP contribution is 2.37. The van der Waals surface area contributed by atoms with Crippen molar-refractivity contribution in [3.63, 3.8) is 0 Å². The lowest BCUT2D eigenvalue weighted by atomic mass is 10.1. The third kappa shape index (κ3) is 7.55. The predicted octanol–water partition coefficient (Wildman–Crippen LogP) is 6.27. The molecule has 0 bridgehead atoms. The third-order valence-corrected chi connectivity index (χ3v) is 6.56. The second-order valence-electron chi connectivity index (χ2n) is 9.50. The SMILES string of the molecule is O=C(Nc1cc(C(F)(F)F)cc(C(F)(F)F)c1)Nc1ccc(N2CCCCC2)c(C(=O)NCC2CCCO2)c1. The van der Waals surface area contributed by atoms with Crippen LogP contribution < -0.4 is 20.9 Å². The second-order valence-corrected chi connectivity index (χ2v) is 9.50. The van der Waals surface area contributed by atoms with Gasteiger partial charge in [-0.1, -0.05) is 0 Å². The molecule has 212 valence electrons. The van der Waals surface area contributed by atoms with Crippen LogP contribution in [0.3, 0.4) is 0 Å². The largest absolute Gasteiger partial charge is 0.416 e. The quantitative estimate of drug-likeness (QED) is 0.365. The van der Waals surface area contributed by atoms with E-state index in [1.54, 1.807) is 6.07 Å². The summed E-state index contributed by atoms with van der Waals surface area (Å²) in [5, 5.41) is 7.27. The van der Waals surface area contributed by atoms with Crippen molar-refractivity contribution < 1.29 is 40.7 Å². The van der Waals surface area contributed by atoms with Gasteiger partial charge in [0.05, 0.1) is 22.8 Å². The van der Waals surface area contributed by atoms with Crippen molar-refractivity contribution in [3.8, 4) is 0 Å². The van der Waals surface area contributed by atoms with Gasteiger partial charge in [0.2, 0.25) is 0 Å². The predicted molar refractivity (Wildman–Crippen MR) is 133 cm³/mol. The number of nitrogens with zero attached hydrogens (tertiary/aromatic N) is 1. The molecule has 3 amide bonds. The molecule has 0 spiro atoms. The maximum atomic E-state index is 13.1. The van der Waals surface area contributed by atoms with Crippen LogP contribution in [0.25, 0.3) is 0 Å². The molecule has 2 saturated heterocycles. The van der Waals surface area contributed by atoms with E-state index in [-0.39, 0.29) is 29.3 Å². The van der Waals surface area contributed by atoms with Gasteiger partial charge in [-0.25, -0.2) is 4.79 Å². The lowest BCUT2D eigenvalue weighted by Crippen LogP contribution is -2.35. The first-order valence-electron chi connectivity index (χ1n) is 12.6. The molecule has 0 aromatic heterocycles. The summed E-state index contributed by atoms with van der Waals surface area (Å²) in [7, 11) is 0. The highest BCUT2D eigenvalue weighted by Gasteiger charge is 2.37. The Kier molecular flexibility index (Phi) is 8.57. The van der Waals surface area contributed by atoms with Crippen molar-refractivity contribution in [2.24, 2.45) is 0 Å². The highest BCUT2D eigenvalue weighted by atomic mass is 19.4. The topological polar surface area (TPSA) is 82.7 Å². The number of nitrogens with one attached hydrogen (secondary N) is 3. The molecule has 2 aliphatic rings. The molecule has 0 aliphatic carbocycles. The van der Waals surface area contributed by atoms with Crippen LogP contribution in [0, 0.1) is 0 Å². The van der Waals surface area contributed by atoms with Crippen LogP contribution in [-0.4, -0.2) is 44.3 Å². The van der Waals surface area contributed by atoms with Crippen molar-refractivity contribution >= 4 is 29.0 Å². The van der Waals surface area contributed by atoms with Crippen molar-refractivity contribution in [1.82, 2.24) is 5.32 Å². The molecule has 2 fully saturated rings. The molecule has 1 unspecified atom stereocenters. The maximum Gasteiger partial charge on any atom is 0.416 e. The zero-order valence-electron chi connectivity index (χ0n) is 20.8. The first kappa shape index (κ1) is 28.5. The van der Waals surface area contributed by atoms with E-state index in [0.29, 0.717) is 31.0 Å². The van der Waals surface area contributed by atoms with Crippen LogP contribution >= 0.6 is 0 Å². The molecule has 2 aromatic carbocycles. The monoisotopic (exact) mass is 558 g/mol. The lowest BCUT2D eigenvalue weighted by molar-refractivity contribution is -0.143. The van der Waals surface area contributed by atoms with Gasteiger partial charge < -0.3 is 25.6 Å². The van der Waals surface area contributed by atoms with Crippen LogP contribution in [0.5, 0.6) is 0 Å². The van der Waals surface area contributed by atoms with E-state index >= 15 is 0 Å². The molecular formula is C26H28F6N4O3. The Morgan fingerprint density at radius 1 is 0.846 bits per heavy atom. The number of alkyl halides is 6. The van der Waals surface area contributed by atoms with E-state index in [9.17, 15) is 35.9 Å². The molecule has 39 heavy (non-hydrogen) atoms. The van der Waals surface area contributed by atoms with Crippen LogP contribution in [0.15, 0.2) is 36.4 Å². The second kappa shape index (κ2) is 11.7. The minimum atomic E-state index is -5.05. The summed E-state index contributed by atoms with van der Waals surface area (Å²) in [5.74, 6) is -0.386. The number of rotatable bonds is 6. The van der Waals surface area contributed by atoms with E-state index in [1.807, 2.05) is 5.32 Å². The molecule has 3 N–H and O–H groups in total. The number of ether oxygens (including phenoxy) is 1. The van der Waals surface area contributed by atoms with E-state index in [0.717, 1.165) is 45.2 Å². The summed E-state index contributed by atoms with van der Waals surface area (Å²) in [6.07, 6.45) is -5.48. The summed E-state index contributed by atoms with van der Waals surface area (Å²) in [6, 6.07) is 4.35. The summed E-state index contributed by atoms with van der Waals surface area (Å²) in [5.41, 5.74) is -2.70. The van der Waals surface area contributed by atoms with Crippen LogP contribution in [0.4, 0.5) is 48.2 Å². The number of carbonyl (C=O) groups excluding carboxylic acids is 2. The first-order valence-corrected chi connectivity index (χ1v) is 12.6. The smallest absolute Gasteiger partial charge is 0.376 e. The van der Waals surface area contributed by atoms with Crippen LogP contribution in [0.1, 0.15) is 53.6 Å². The molecule has 2 aliphatic heterocycles. The first-order chi connectivity index (χ1) is 18.4. The minimum absolute atomic E-state index is 0.0239. The number of halogens is 6. The van der Waals surface area contributed by atoms with Crippen molar-refractivity contribution in [1.29, 1.82) is 0 Å². The summed E-state index contributed by atoms with van der Waals surface area (Å²) < 4.78 is 84.4.